The molecule has 1 aromatic carbocycles. The average Bonchev–Trinajstić information content (AvgIpc) is 2.66. The second-order valence-corrected chi connectivity index (χ2v) is 7.22. The van der Waals surface area contributed by atoms with Crippen molar-refractivity contribution in [1.82, 2.24) is 19.1 Å². The summed E-state index contributed by atoms with van der Waals surface area (Å²) in [6.45, 7) is 0.374. The van der Waals surface area contributed by atoms with E-state index in [1.54, 1.807) is 41.2 Å². The molecule has 0 saturated heterocycles. The standard InChI is InChI=1S/C19H11Cl3N4O2/c20-12-4-5-15(14(21)8-12)26-18(27)13-2-1-7-25(17(13)24-19(26)28)10-11-3-6-16(22)23-9-11/h1-9H,10H2. The lowest BCUT2D eigenvalue weighted by atomic mass is 10.2. The summed E-state index contributed by atoms with van der Waals surface area (Å²) >= 11 is 17.9. The number of halogens is 3. The smallest absolute Gasteiger partial charge is 0.328 e. The number of nitrogens with zero attached hydrogens (tertiary/aromatic N) is 4. The number of fused-ring (bicyclic) bond motifs is 1. The molecule has 1 aromatic heterocycles. The van der Waals surface area contributed by atoms with Crippen LogP contribution in [-0.4, -0.2) is 19.1 Å². The molecule has 0 fully saturated rings. The lowest BCUT2D eigenvalue weighted by Gasteiger charge is -2.15. The molecule has 0 saturated carbocycles. The number of rotatable bonds is 3. The van der Waals surface area contributed by atoms with E-state index in [2.05, 4.69) is 9.97 Å². The van der Waals surface area contributed by atoms with Crippen molar-refractivity contribution in [2.75, 3.05) is 0 Å². The van der Waals surface area contributed by atoms with Crippen LogP contribution in [0.5, 0.6) is 0 Å². The van der Waals surface area contributed by atoms with Crippen LogP contribution in [0, 0.1) is 0 Å². The van der Waals surface area contributed by atoms with Gasteiger partial charge in [0.25, 0.3) is 5.56 Å². The van der Waals surface area contributed by atoms with Gasteiger partial charge in [0.15, 0.2) is 5.82 Å². The maximum Gasteiger partial charge on any atom is 0.357 e. The summed E-state index contributed by atoms with van der Waals surface area (Å²) in [6, 6.07) is 11.3. The molecule has 4 rings (SSSR count). The van der Waals surface area contributed by atoms with E-state index in [0.29, 0.717) is 16.7 Å². The molecule has 2 aromatic rings. The molecule has 0 amide bonds. The van der Waals surface area contributed by atoms with Gasteiger partial charge >= 0.3 is 5.69 Å². The van der Waals surface area contributed by atoms with Crippen LogP contribution in [0.1, 0.15) is 5.56 Å². The first-order valence-corrected chi connectivity index (χ1v) is 9.25. The maximum atomic E-state index is 13.0. The molecular formula is C19H11Cl3N4O2. The highest BCUT2D eigenvalue weighted by Gasteiger charge is 2.19. The molecular weight excluding hydrogens is 423 g/mol. The van der Waals surface area contributed by atoms with Crippen LogP contribution in [0.15, 0.2) is 64.4 Å². The summed E-state index contributed by atoms with van der Waals surface area (Å²) in [5.74, 6) is 0.272. The largest absolute Gasteiger partial charge is 0.357 e. The van der Waals surface area contributed by atoms with Gasteiger partial charge < -0.3 is 4.57 Å². The molecule has 0 unspecified atom stereocenters. The fraction of sp³-hybridized carbons (Fsp3) is 0.0526. The topological polar surface area (TPSA) is 69.8 Å². The molecule has 140 valence electrons. The summed E-state index contributed by atoms with van der Waals surface area (Å²) in [4.78, 5) is 33.8. The number of pyridine rings is 2. The molecule has 0 N–H and O–H groups in total. The normalized spacial score (nSPS) is 11.1. The quantitative estimate of drug-likeness (QED) is 0.459. The molecule has 9 heteroatoms. The molecule has 2 aliphatic heterocycles. The van der Waals surface area contributed by atoms with E-state index < -0.39 is 11.2 Å². The van der Waals surface area contributed by atoms with Gasteiger partial charge in [-0.25, -0.2) is 14.3 Å². The van der Waals surface area contributed by atoms with Crippen molar-refractivity contribution in [2.24, 2.45) is 0 Å². The van der Waals surface area contributed by atoms with Gasteiger partial charge in [0.2, 0.25) is 0 Å². The summed E-state index contributed by atoms with van der Waals surface area (Å²) in [5.41, 5.74) is 0.127. The van der Waals surface area contributed by atoms with Gasteiger partial charge in [-0.05, 0) is 42.0 Å². The maximum absolute atomic E-state index is 13.0. The monoisotopic (exact) mass is 432 g/mol. The molecule has 3 heterocycles. The van der Waals surface area contributed by atoms with Gasteiger partial charge in [-0.15, -0.1) is 0 Å². The molecule has 0 atom stereocenters. The van der Waals surface area contributed by atoms with E-state index in [1.807, 2.05) is 6.07 Å². The van der Waals surface area contributed by atoms with Gasteiger partial charge in [-0.2, -0.15) is 4.98 Å². The second kappa shape index (κ2) is 7.39. The van der Waals surface area contributed by atoms with Gasteiger partial charge in [0.05, 0.1) is 22.8 Å². The van der Waals surface area contributed by atoms with Crippen LogP contribution in [0.2, 0.25) is 15.2 Å². The van der Waals surface area contributed by atoms with Gasteiger partial charge in [0.1, 0.15) is 5.15 Å². The zero-order chi connectivity index (χ0) is 19.8. The first-order chi connectivity index (χ1) is 13.4. The predicted molar refractivity (Wildman–Crippen MR) is 109 cm³/mol. The zero-order valence-corrected chi connectivity index (χ0v) is 16.4. The van der Waals surface area contributed by atoms with Crippen molar-refractivity contribution in [3.05, 3.63) is 96.5 Å². The number of aromatic nitrogens is 4. The number of hydrogen-bond donors (Lipinski definition) is 0. The Kier molecular flexibility index (Phi) is 4.93. The lowest BCUT2D eigenvalue weighted by molar-refractivity contribution is 0.750. The fourth-order valence-corrected chi connectivity index (χ4v) is 3.49. The number of benzene rings is 1. The Morgan fingerprint density at radius 1 is 1.00 bits per heavy atom. The summed E-state index contributed by atoms with van der Waals surface area (Å²) in [6.07, 6.45) is 3.36. The average molecular weight is 434 g/mol. The fourth-order valence-electron chi connectivity index (χ4n) is 2.88. The van der Waals surface area contributed by atoms with Crippen LogP contribution in [-0.2, 0) is 6.54 Å². The zero-order valence-electron chi connectivity index (χ0n) is 14.1. The molecule has 28 heavy (non-hydrogen) atoms. The SMILES string of the molecule is O=c1nc2n(Cc3ccc(Cl)nc3)cccc-2c(=O)n1-c1ccc(Cl)cc1Cl. The van der Waals surface area contributed by atoms with Crippen molar-refractivity contribution in [1.29, 1.82) is 0 Å². The summed E-state index contributed by atoms with van der Waals surface area (Å²) in [7, 11) is 0. The van der Waals surface area contributed by atoms with E-state index in [1.165, 1.54) is 12.1 Å². The van der Waals surface area contributed by atoms with E-state index in [4.69, 9.17) is 34.8 Å². The van der Waals surface area contributed by atoms with E-state index in [0.717, 1.165) is 10.1 Å². The minimum absolute atomic E-state index is 0.184. The van der Waals surface area contributed by atoms with Crippen molar-refractivity contribution < 1.29 is 0 Å². The van der Waals surface area contributed by atoms with E-state index in [9.17, 15) is 9.59 Å². The third-order valence-corrected chi connectivity index (χ3v) is 4.92. The van der Waals surface area contributed by atoms with E-state index >= 15 is 0 Å². The Morgan fingerprint density at radius 2 is 1.82 bits per heavy atom. The van der Waals surface area contributed by atoms with Crippen LogP contribution in [0.4, 0.5) is 0 Å². The van der Waals surface area contributed by atoms with Gasteiger partial charge in [-0.1, -0.05) is 40.9 Å². The molecule has 2 aliphatic rings. The van der Waals surface area contributed by atoms with Crippen molar-refractivity contribution in [3.63, 3.8) is 0 Å². The Bertz CT molecular complexity index is 1270. The Labute approximate surface area is 173 Å². The predicted octanol–water partition coefficient (Wildman–Crippen LogP) is 3.90. The molecule has 0 radical (unpaired) electrons. The highest BCUT2D eigenvalue weighted by atomic mass is 35.5. The Morgan fingerprint density at radius 3 is 2.54 bits per heavy atom. The third kappa shape index (κ3) is 3.42. The first-order valence-electron chi connectivity index (χ1n) is 8.12. The van der Waals surface area contributed by atoms with Crippen molar-refractivity contribution in [2.45, 2.75) is 6.54 Å². The Hall–Kier alpha value is -2.67. The third-order valence-electron chi connectivity index (χ3n) is 4.16. The van der Waals surface area contributed by atoms with E-state index in [-0.39, 0.29) is 22.1 Å². The highest BCUT2D eigenvalue weighted by Crippen LogP contribution is 2.23. The van der Waals surface area contributed by atoms with Gasteiger partial charge in [0, 0.05) is 17.4 Å². The first kappa shape index (κ1) is 18.7. The van der Waals surface area contributed by atoms with Crippen LogP contribution < -0.4 is 11.2 Å². The summed E-state index contributed by atoms with van der Waals surface area (Å²) < 4.78 is 2.64. The van der Waals surface area contributed by atoms with Crippen molar-refractivity contribution in [3.8, 4) is 17.1 Å². The molecule has 0 bridgehead atoms. The Balaban J connectivity index is 1.88. The number of hydrogen-bond acceptors (Lipinski definition) is 4. The van der Waals surface area contributed by atoms with Crippen molar-refractivity contribution >= 4 is 34.8 Å². The highest BCUT2D eigenvalue weighted by molar-refractivity contribution is 6.35. The molecule has 0 spiro atoms. The minimum Gasteiger partial charge on any atom is -0.328 e. The van der Waals surface area contributed by atoms with Gasteiger partial charge in [-0.3, -0.25) is 4.79 Å². The van der Waals surface area contributed by atoms with Crippen LogP contribution in [0.25, 0.3) is 17.1 Å². The molecule has 6 nitrogen and oxygen atoms in total. The molecule has 0 aliphatic carbocycles. The van der Waals surface area contributed by atoms with Crippen LogP contribution in [0.3, 0.4) is 0 Å². The van der Waals surface area contributed by atoms with Crippen LogP contribution >= 0.6 is 34.8 Å². The summed E-state index contributed by atoms with van der Waals surface area (Å²) in [5, 5.41) is 0.968. The second-order valence-electron chi connectivity index (χ2n) is 5.99. The lowest BCUT2D eigenvalue weighted by Crippen LogP contribution is -2.37. The minimum atomic E-state index is -0.726.